The van der Waals surface area contributed by atoms with E-state index in [0.717, 1.165) is 38.8 Å². The highest BCUT2D eigenvalue weighted by molar-refractivity contribution is 6.31. The maximum atomic E-state index is 13.1. The molecule has 4 rings (SSSR count). The Morgan fingerprint density at radius 1 is 1.00 bits per heavy atom. The first kappa shape index (κ1) is 18.5. The molecule has 0 spiro atoms. The number of fused-ring (bicyclic) bond motifs is 1. The first-order valence-electron chi connectivity index (χ1n) is 9.47. The molecular formula is C21H21ClN4O2. The van der Waals surface area contributed by atoms with E-state index >= 15 is 0 Å². The van der Waals surface area contributed by atoms with Crippen LogP contribution in [0.4, 0.5) is 5.69 Å². The number of benzene rings is 1. The van der Waals surface area contributed by atoms with Crippen LogP contribution >= 0.6 is 11.6 Å². The van der Waals surface area contributed by atoms with Crippen LogP contribution in [-0.2, 0) is 0 Å². The third-order valence-electron chi connectivity index (χ3n) is 4.93. The van der Waals surface area contributed by atoms with Crippen molar-refractivity contribution >= 4 is 34.6 Å². The number of aromatic nitrogens is 2. The Bertz CT molecular complexity index is 1020. The van der Waals surface area contributed by atoms with Crippen LogP contribution in [0.15, 0.2) is 48.7 Å². The fraction of sp³-hybridized carbons (Fsp3) is 0.286. The third kappa shape index (κ3) is 3.73. The summed E-state index contributed by atoms with van der Waals surface area (Å²) in [5.74, 6) is -0.334. The smallest absolute Gasteiger partial charge is 0.292 e. The molecule has 0 unspecified atom stereocenters. The lowest BCUT2D eigenvalue weighted by Gasteiger charge is -2.19. The summed E-state index contributed by atoms with van der Waals surface area (Å²) in [5, 5.41) is 3.33. The SMILES string of the molecule is O=C(Nc1cccc(Cl)c1)c1nc(C(=O)N2CCCCCC2)c2ccccn12. The molecule has 1 aliphatic heterocycles. The third-order valence-corrected chi connectivity index (χ3v) is 5.16. The number of carbonyl (C=O) groups excluding carboxylic acids is 2. The zero-order valence-electron chi connectivity index (χ0n) is 15.4. The molecule has 3 aromatic rings. The van der Waals surface area contributed by atoms with Crippen molar-refractivity contribution in [3.63, 3.8) is 0 Å². The van der Waals surface area contributed by atoms with E-state index in [-0.39, 0.29) is 11.7 Å². The summed E-state index contributed by atoms with van der Waals surface area (Å²) in [5.41, 5.74) is 1.53. The van der Waals surface area contributed by atoms with Crippen LogP contribution in [0.5, 0.6) is 0 Å². The average molecular weight is 397 g/mol. The van der Waals surface area contributed by atoms with Crippen molar-refractivity contribution in [1.82, 2.24) is 14.3 Å². The largest absolute Gasteiger partial charge is 0.337 e. The number of halogens is 1. The maximum Gasteiger partial charge on any atom is 0.292 e. The molecule has 1 saturated heterocycles. The number of pyridine rings is 1. The van der Waals surface area contributed by atoms with Crippen LogP contribution in [0, 0.1) is 0 Å². The van der Waals surface area contributed by atoms with Gasteiger partial charge in [-0.15, -0.1) is 0 Å². The number of amides is 2. The van der Waals surface area contributed by atoms with E-state index in [0.29, 0.717) is 21.9 Å². The van der Waals surface area contributed by atoms with Crippen molar-refractivity contribution in [3.8, 4) is 0 Å². The topological polar surface area (TPSA) is 66.7 Å². The summed E-state index contributed by atoms with van der Waals surface area (Å²) in [4.78, 5) is 32.2. The number of likely N-dealkylation sites (tertiary alicyclic amines) is 1. The van der Waals surface area contributed by atoms with Gasteiger partial charge in [-0.25, -0.2) is 4.98 Å². The fourth-order valence-electron chi connectivity index (χ4n) is 3.53. The average Bonchev–Trinajstić information content (AvgIpc) is 2.87. The van der Waals surface area contributed by atoms with Crippen molar-refractivity contribution in [1.29, 1.82) is 0 Å². The molecule has 0 bridgehead atoms. The summed E-state index contributed by atoms with van der Waals surface area (Å²) in [7, 11) is 0. The highest BCUT2D eigenvalue weighted by Gasteiger charge is 2.25. The quantitative estimate of drug-likeness (QED) is 0.719. The summed E-state index contributed by atoms with van der Waals surface area (Å²) in [6.07, 6.45) is 6.02. The molecule has 3 heterocycles. The molecule has 0 atom stereocenters. The molecule has 2 aromatic heterocycles. The molecule has 6 nitrogen and oxygen atoms in total. The number of hydrogen-bond acceptors (Lipinski definition) is 3. The van der Waals surface area contributed by atoms with Crippen LogP contribution in [0.25, 0.3) is 5.52 Å². The molecule has 0 aliphatic carbocycles. The van der Waals surface area contributed by atoms with E-state index in [2.05, 4.69) is 10.3 Å². The van der Waals surface area contributed by atoms with E-state index in [1.807, 2.05) is 23.1 Å². The second-order valence-corrected chi connectivity index (χ2v) is 7.35. The Morgan fingerprint density at radius 2 is 1.79 bits per heavy atom. The predicted molar refractivity (Wildman–Crippen MR) is 109 cm³/mol. The van der Waals surface area contributed by atoms with Gasteiger partial charge in [0.05, 0.1) is 5.52 Å². The zero-order valence-corrected chi connectivity index (χ0v) is 16.2. The van der Waals surface area contributed by atoms with Gasteiger partial charge in [-0.3, -0.25) is 14.0 Å². The number of nitrogens with zero attached hydrogens (tertiary/aromatic N) is 3. The normalized spacial score (nSPS) is 14.7. The molecule has 28 heavy (non-hydrogen) atoms. The van der Waals surface area contributed by atoms with Crippen LogP contribution < -0.4 is 5.32 Å². The van der Waals surface area contributed by atoms with Crippen LogP contribution in [0.1, 0.15) is 46.8 Å². The minimum Gasteiger partial charge on any atom is -0.337 e. The highest BCUT2D eigenvalue weighted by Crippen LogP contribution is 2.20. The van der Waals surface area contributed by atoms with Gasteiger partial charge in [0.1, 0.15) is 0 Å². The second kappa shape index (κ2) is 8.02. The van der Waals surface area contributed by atoms with Gasteiger partial charge >= 0.3 is 0 Å². The van der Waals surface area contributed by atoms with Gasteiger partial charge in [-0.1, -0.05) is 36.6 Å². The molecule has 1 fully saturated rings. The molecule has 1 aliphatic rings. The fourth-order valence-corrected chi connectivity index (χ4v) is 3.72. The highest BCUT2D eigenvalue weighted by atomic mass is 35.5. The Labute approximate surface area is 168 Å². The zero-order chi connectivity index (χ0) is 19.5. The number of rotatable bonds is 3. The standard InChI is InChI=1S/C21H21ClN4O2/c22-15-8-7-9-16(14-15)23-20(27)19-24-18(17-10-3-6-13-26(17)19)21(28)25-11-4-1-2-5-12-25/h3,6-10,13-14H,1-2,4-5,11-12H2,(H,23,27). The first-order chi connectivity index (χ1) is 13.6. The van der Waals surface area contributed by atoms with Crippen molar-refractivity contribution < 1.29 is 9.59 Å². The number of anilines is 1. The van der Waals surface area contributed by atoms with E-state index in [9.17, 15) is 9.59 Å². The predicted octanol–water partition coefficient (Wildman–Crippen LogP) is 4.26. The Hall–Kier alpha value is -2.86. The van der Waals surface area contributed by atoms with Gasteiger partial charge in [0.2, 0.25) is 5.82 Å². The summed E-state index contributed by atoms with van der Waals surface area (Å²) in [6.45, 7) is 1.46. The van der Waals surface area contributed by atoms with Crippen molar-refractivity contribution in [2.45, 2.75) is 25.7 Å². The Balaban J connectivity index is 1.68. The Morgan fingerprint density at radius 3 is 2.54 bits per heavy atom. The lowest BCUT2D eigenvalue weighted by Crippen LogP contribution is -2.32. The number of hydrogen-bond donors (Lipinski definition) is 1. The first-order valence-corrected chi connectivity index (χ1v) is 9.84. The monoisotopic (exact) mass is 396 g/mol. The van der Waals surface area contributed by atoms with Crippen molar-refractivity contribution in [3.05, 3.63) is 65.2 Å². The van der Waals surface area contributed by atoms with Gasteiger partial charge < -0.3 is 10.2 Å². The van der Waals surface area contributed by atoms with E-state index in [4.69, 9.17) is 11.6 Å². The molecular weight excluding hydrogens is 376 g/mol. The number of imidazole rings is 1. The van der Waals surface area contributed by atoms with Crippen molar-refractivity contribution in [2.75, 3.05) is 18.4 Å². The molecule has 0 saturated carbocycles. The number of nitrogens with one attached hydrogen (secondary N) is 1. The van der Waals surface area contributed by atoms with Crippen LogP contribution in [0.3, 0.4) is 0 Å². The van der Waals surface area contributed by atoms with Gasteiger partial charge in [-0.05, 0) is 43.2 Å². The van der Waals surface area contributed by atoms with Gasteiger partial charge in [0.15, 0.2) is 5.69 Å². The Kier molecular flexibility index (Phi) is 5.30. The molecule has 7 heteroatoms. The lowest BCUT2D eigenvalue weighted by molar-refractivity contribution is 0.0758. The summed E-state index contributed by atoms with van der Waals surface area (Å²) >= 11 is 5.99. The van der Waals surface area contributed by atoms with Crippen LogP contribution in [0.2, 0.25) is 5.02 Å². The second-order valence-electron chi connectivity index (χ2n) is 6.91. The summed E-state index contributed by atoms with van der Waals surface area (Å²) < 4.78 is 1.66. The van der Waals surface area contributed by atoms with Gasteiger partial charge in [0.25, 0.3) is 11.8 Å². The molecule has 2 amide bonds. The van der Waals surface area contributed by atoms with E-state index in [1.165, 1.54) is 0 Å². The molecule has 1 aromatic carbocycles. The molecule has 1 N–H and O–H groups in total. The molecule has 144 valence electrons. The minimum atomic E-state index is -0.390. The maximum absolute atomic E-state index is 13.1. The van der Waals surface area contributed by atoms with Crippen LogP contribution in [-0.4, -0.2) is 39.2 Å². The molecule has 0 radical (unpaired) electrons. The van der Waals surface area contributed by atoms with Gasteiger partial charge in [-0.2, -0.15) is 0 Å². The van der Waals surface area contributed by atoms with E-state index in [1.54, 1.807) is 34.9 Å². The number of carbonyl (C=O) groups is 2. The minimum absolute atomic E-state index is 0.118. The van der Waals surface area contributed by atoms with E-state index < -0.39 is 5.91 Å². The van der Waals surface area contributed by atoms with Crippen molar-refractivity contribution in [2.24, 2.45) is 0 Å². The van der Waals surface area contributed by atoms with Gasteiger partial charge in [0, 0.05) is 30.0 Å². The lowest BCUT2D eigenvalue weighted by atomic mass is 10.2. The summed E-state index contributed by atoms with van der Waals surface area (Å²) in [6, 6.07) is 12.4.